The van der Waals surface area contributed by atoms with Gasteiger partial charge < -0.3 is 4.74 Å². The molecule has 7 aliphatic rings. The van der Waals surface area contributed by atoms with Crippen LogP contribution in [0.25, 0.3) is 0 Å². The summed E-state index contributed by atoms with van der Waals surface area (Å²) < 4.78 is 6.13. The highest BCUT2D eigenvalue weighted by molar-refractivity contribution is 5.83. The predicted octanol–water partition coefficient (Wildman–Crippen LogP) is 4.59. The lowest BCUT2D eigenvalue weighted by molar-refractivity contribution is -0.168. The molecular formula is C24H30O3. The normalized spacial score (nSPS) is 59.6. The van der Waals surface area contributed by atoms with Gasteiger partial charge in [-0.1, -0.05) is 25.0 Å². The van der Waals surface area contributed by atoms with Gasteiger partial charge in [-0.3, -0.25) is 9.59 Å². The van der Waals surface area contributed by atoms with E-state index in [4.69, 9.17) is 4.74 Å². The number of ether oxygens (including phenoxy) is 1. The second-order valence-electron chi connectivity index (χ2n) is 11.6. The molecule has 144 valence electrons. The number of carbonyl (C=O) groups is 2. The van der Waals surface area contributed by atoms with Gasteiger partial charge in [-0.05, 0) is 79.4 Å². The second-order valence-corrected chi connectivity index (χ2v) is 11.6. The lowest BCUT2D eigenvalue weighted by Crippen LogP contribution is -2.56. The topological polar surface area (TPSA) is 43.4 Å². The zero-order chi connectivity index (χ0) is 18.4. The summed E-state index contributed by atoms with van der Waals surface area (Å²) in [7, 11) is 0. The fourth-order valence-electron chi connectivity index (χ4n) is 9.88. The smallest absolute Gasteiger partial charge is 0.306 e. The van der Waals surface area contributed by atoms with Crippen LogP contribution in [0.1, 0.15) is 78.1 Å². The first-order valence-corrected chi connectivity index (χ1v) is 11.3. The van der Waals surface area contributed by atoms with Crippen LogP contribution in [0.3, 0.4) is 0 Å². The SMILES string of the molecule is CC12CC3C[C@@]34C(C3CC3=C3CC(=O)CCC34C)C1CC[C@@]21CCC(=O)O1. The van der Waals surface area contributed by atoms with Crippen LogP contribution in [0, 0.1) is 39.9 Å². The third-order valence-corrected chi connectivity index (χ3v) is 11.1. The molecule has 3 heteroatoms. The van der Waals surface area contributed by atoms with Gasteiger partial charge >= 0.3 is 5.97 Å². The minimum absolute atomic E-state index is 0.0419. The number of allylic oxidation sites excluding steroid dienone is 2. The largest absolute Gasteiger partial charge is 0.458 e. The Morgan fingerprint density at radius 3 is 2.67 bits per heavy atom. The molecular weight excluding hydrogens is 336 g/mol. The van der Waals surface area contributed by atoms with Gasteiger partial charge in [-0.25, -0.2) is 0 Å². The molecule has 8 atom stereocenters. The van der Waals surface area contributed by atoms with Crippen molar-refractivity contribution >= 4 is 11.8 Å². The van der Waals surface area contributed by atoms with Crippen molar-refractivity contribution in [2.24, 2.45) is 39.9 Å². The number of carbonyl (C=O) groups excluding carboxylic acids is 2. The first-order valence-electron chi connectivity index (χ1n) is 11.3. The summed E-state index contributed by atoms with van der Waals surface area (Å²) in [5, 5.41) is 0. The van der Waals surface area contributed by atoms with Crippen molar-refractivity contribution in [1.29, 1.82) is 0 Å². The number of hydrogen-bond donors (Lipinski definition) is 0. The van der Waals surface area contributed by atoms with Gasteiger partial charge in [0, 0.05) is 24.7 Å². The van der Waals surface area contributed by atoms with E-state index in [0.29, 0.717) is 23.5 Å². The summed E-state index contributed by atoms with van der Waals surface area (Å²) in [6.45, 7) is 5.02. The van der Waals surface area contributed by atoms with Crippen LogP contribution in [-0.2, 0) is 14.3 Å². The van der Waals surface area contributed by atoms with E-state index in [0.717, 1.165) is 49.9 Å². The standard InChI is InChI=1S/C24H30O3/c1-21-6-3-14(25)9-18(21)15-10-16(15)20-17-4-7-23(8-5-19(26)27-23)22(17,2)11-13-12-24(13,20)21/h13,16-17,20H,3-12H2,1-2H3/t13?,16?,17?,20?,21?,22?,23-,24+/m1/s1. The first kappa shape index (κ1) is 15.8. The maximum Gasteiger partial charge on any atom is 0.306 e. The Bertz CT molecular complexity index is 856. The van der Waals surface area contributed by atoms with Gasteiger partial charge in [0.1, 0.15) is 11.4 Å². The number of fused-ring (bicyclic) bond motifs is 6. The van der Waals surface area contributed by atoms with Crippen LogP contribution >= 0.6 is 0 Å². The highest BCUT2D eigenvalue weighted by Crippen LogP contribution is 2.87. The molecule has 7 rings (SSSR count). The van der Waals surface area contributed by atoms with Gasteiger partial charge in [-0.2, -0.15) is 0 Å². The van der Waals surface area contributed by atoms with Crippen molar-refractivity contribution in [3.05, 3.63) is 11.1 Å². The van der Waals surface area contributed by atoms with Crippen molar-refractivity contribution < 1.29 is 14.3 Å². The van der Waals surface area contributed by atoms with Crippen LogP contribution in [0.15, 0.2) is 11.1 Å². The number of ketones is 1. The molecule has 3 nitrogen and oxygen atoms in total. The van der Waals surface area contributed by atoms with Gasteiger partial charge in [0.15, 0.2) is 0 Å². The van der Waals surface area contributed by atoms with Crippen LogP contribution in [0.5, 0.6) is 0 Å². The Labute approximate surface area is 161 Å². The molecule has 2 spiro atoms. The minimum atomic E-state index is -0.161. The molecule has 5 saturated carbocycles. The maximum atomic E-state index is 12.3. The molecule has 0 radical (unpaired) electrons. The van der Waals surface area contributed by atoms with E-state index in [-0.39, 0.29) is 22.4 Å². The summed E-state index contributed by atoms with van der Waals surface area (Å²) in [6, 6.07) is 0. The van der Waals surface area contributed by atoms with E-state index >= 15 is 0 Å². The summed E-state index contributed by atoms with van der Waals surface area (Å²) in [5.41, 5.74) is 4.03. The Kier molecular flexibility index (Phi) is 2.47. The quantitative estimate of drug-likeness (QED) is 0.465. The van der Waals surface area contributed by atoms with Gasteiger partial charge in [0.25, 0.3) is 0 Å². The zero-order valence-corrected chi connectivity index (χ0v) is 16.6. The van der Waals surface area contributed by atoms with E-state index in [9.17, 15) is 9.59 Å². The van der Waals surface area contributed by atoms with Crippen molar-refractivity contribution in [3.63, 3.8) is 0 Å². The van der Waals surface area contributed by atoms with E-state index in [1.807, 2.05) is 0 Å². The second kappa shape index (κ2) is 4.24. The molecule has 1 saturated heterocycles. The third-order valence-electron chi connectivity index (χ3n) is 11.1. The van der Waals surface area contributed by atoms with Crippen molar-refractivity contribution in [2.45, 2.75) is 83.7 Å². The Morgan fingerprint density at radius 1 is 1.04 bits per heavy atom. The van der Waals surface area contributed by atoms with E-state index in [2.05, 4.69) is 13.8 Å². The lowest BCUT2D eigenvalue weighted by atomic mass is 9.45. The Morgan fingerprint density at radius 2 is 1.89 bits per heavy atom. The zero-order valence-electron chi connectivity index (χ0n) is 16.6. The average Bonchev–Trinajstić information content (AvgIpc) is 3.49. The molecule has 1 aliphatic heterocycles. The molecule has 6 aliphatic carbocycles. The molecule has 0 aromatic rings. The number of esters is 1. The molecule has 27 heavy (non-hydrogen) atoms. The fourth-order valence-corrected chi connectivity index (χ4v) is 9.88. The molecule has 6 fully saturated rings. The molecule has 6 unspecified atom stereocenters. The summed E-state index contributed by atoms with van der Waals surface area (Å²) in [4.78, 5) is 24.3. The van der Waals surface area contributed by atoms with Crippen molar-refractivity contribution in [3.8, 4) is 0 Å². The molecule has 0 aromatic heterocycles. The summed E-state index contributed by atoms with van der Waals surface area (Å²) >= 11 is 0. The van der Waals surface area contributed by atoms with Gasteiger partial charge in [0.05, 0.1) is 0 Å². The first-order chi connectivity index (χ1) is 12.8. The molecule has 1 heterocycles. The van der Waals surface area contributed by atoms with Crippen molar-refractivity contribution in [1.82, 2.24) is 0 Å². The van der Waals surface area contributed by atoms with Crippen LogP contribution in [-0.4, -0.2) is 17.4 Å². The van der Waals surface area contributed by atoms with Gasteiger partial charge in [-0.15, -0.1) is 0 Å². The van der Waals surface area contributed by atoms with Crippen LogP contribution in [0.2, 0.25) is 0 Å². The third kappa shape index (κ3) is 1.48. The average molecular weight is 367 g/mol. The lowest BCUT2D eigenvalue weighted by Gasteiger charge is -2.58. The Hall–Kier alpha value is -1.12. The monoisotopic (exact) mass is 366 g/mol. The molecule has 0 bridgehead atoms. The number of hydrogen-bond acceptors (Lipinski definition) is 3. The predicted molar refractivity (Wildman–Crippen MR) is 99.6 cm³/mol. The number of rotatable bonds is 0. The van der Waals surface area contributed by atoms with E-state index in [1.54, 1.807) is 11.1 Å². The fraction of sp³-hybridized carbons (Fsp3) is 0.833. The van der Waals surface area contributed by atoms with E-state index < -0.39 is 0 Å². The van der Waals surface area contributed by atoms with Crippen molar-refractivity contribution in [2.75, 3.05) is 0 Å². The maximum absolute atomic E-state index is 12.3. The minimum Gasteiger partial charge on any atom is -0.458 e. The number of Topliss-reactive ketones (excluding diaryl/α,β-unsaturated/α-hetero) is 1. The summed E-state index contributed by atoms with van der Waals surface area (Å²) in [5.74, 6) is 3.55. The Balaban J connectivity index is 1.36. The van der Waals surface area contributed by atoms with Crippen LogP contribution < -0.4 is 0 Å². The molecule has 0 amide bonds. The molecule has 0 aromatic carbocycles. The highest BCUT2D eigenvalue weighted by Gasteiger charge is 2.82. The highest BCUT2D eigenvalue weighted by atomic mass is 16.6. The van der Waals surface area contributed by atoms with E-state index in [1.165, 1.54) is 25.7 Å². The molecule has 0 N–H and O–H groups in total. The van der Waals surface area contributed by atoms with Gasteiger partial charge in [0.2, 0.25) is 0 Å². The summed E-state index contributed by atoms with van der Waals surface area (Å²) in [6.07, 6.45) is 10.4. The van der Waals surface area contributed by atoms with Crippen LogP contribution in [0.4, 0.5) is 0 Å².